The van der Waals surface area contributed by atoms with Crippen molar-refractivity contribution in [3.63, 3.8) is 0 Å². The van der Waals surface area contributed by atoms with Crippen molar-refractivity contribution < 1.29 is 0 Å². The number of nitrogens with zero attached hydrogens (tertiary/aromatic N) is 2. The molecule has 0 aliphatic heterocycles. The maximum absolute atomic E-state index is 5.98. The van der Waals surface area contributed by atoms with Crippen LogP contribution in [0.4, 0.5) is 45.5 Å². The van der Waals surface area contributed by atoms with E-state index in [9.17, 15) is 0 Å². The smallest absolute Gasteiger partial charge is 0.215 e. The molecule has 0 saturated heterocycles. The Hall–Kier alpha value is -5.10. The summed E-state index contributed by atoms with van der Waals surface area (Å²) in [5, 5.41) is 0. The fourth-order valence-corrected chi connectivity index (χ4v) is 4.40. The molecule has 8 N–H and O–H groups in total. The van der Waals surface area contributed by atoms with Crippen molar-refractivity contribution in [1.82, 2.24) is 9.15 Å². The lowest BCUT2D eigenvalue weighted by molar-refractivity contribution is 1.07. The molecule has 37 heavy (non-hydrogen) atoms. The van der Waals surface area contributed by atoms with Crippen LogP contribution in [0, 0.1) is 0 Å². The molecule has 0 bridgehead atoms. The van der Waals surface area contributed by atoms with Gasteiger partial charge in [-0.2, -0.15) is 9.15 Å². The van der Waals surface area contributed by atoms with Gasteiger partial charge in [0.1, 0.15) is 0 Å². The van der Waals surface area contributed by atoms with Crippen molar-refractivity contribution in [2.75, 3.05) is 22.9 Å². The van der Waals surface area contributed by atoms with Gasteiger partial charge in [0, 0.05) is 95.1 Å². The van der Waals surface area contributed by atoms with Gasteiger partial charge in [0.05, 0.1) is 0 Å². The molecular weight excluding hydrogens is 456 g/mol. The first kappa shape index (κ1) is 23.6. The zero-order valence-corrected chi connectivity index (χ0v) is 20.7. The number of allylic oxidation sites excluding steroid dienone is 4. The second-order valence-electron chi connectivity index (χ2n) is 9.01. The van der Waals surface area contributed by atoms with Gasteiger partial charge in [0.25, 0.3) is 0 Å². The van der Waals surface area contributed by atoms with E-state index in [4.69, 9.17) is 22.9 Å². The van der Waals surface area contributed by atoms with Crippen LogP contribution in [0.1, 0.15) is 6.92 Å². The van der Waals surface area contributed by atoms with Crippen LogP contribution in [0.3, 0.4) is 0 Å². The van der Waals surface area contributed by atoms with Gasteiger partial charge in [-0.15, -0.1) is 0 Å². The average Bonchev–Trinajstić information content (AvgIpc) is 2.90. The van der Waals surface area contributed by atoms with Crippen molar-refractivity contribution in [3.8, 4) is 0 Å². The standard InChI is InChI=1S/C31H29N6/c1-21-20-30(36(26-10-2-22(32)3-11-26)27-12-4-23(33)5-13-27)18-19-31(21)37(28-14-6-24(34)7-15-28)29-16-8-25(35)9-17-29/h2-20H,34-35H2,1H3,(H3,32,33)/q+1/p+1. The van der Waals surface area contributed by atoms with Gasteiger partial charge in [-0.1, -0.05) is 0 Å². The molecule has 0 saturated carbocycles. The average molecular weight is 487 g/mol. The predicted octanol–water partition coefficient (Wildman–Crippen LogP) is 5.78. The Bertz CT molecular complexity index is 1460. The Morgan fingerprint density at radius 2 is 0.757 bits per heavy atom. The first-order valence-electron chi connectivity index (χ1n) is 12.0. The maximum Gasteiger partial charge on any atom is 0.215 e. The summed E-state index contributed by atoms with van der Waals surface area (Å²) in [6.45, 7) is 2.12. The Balaban J connectivity index is 1.70. The van der Waals surface area contributed by atoms with Gasteiger partial charge >= 0.3 is 0 Å². The van der Waals surface area contributed by atoms with E-state index in [1.807, 2.05) is 97.1 Å². The minimum Gasteiger partial charge on any atom is -0.399 e. The number of benzene rings is 4. The maximum atomic E-state index is 5.98. The molecule has 0 unspecified atom stereocenters. The van der Waals surface area contributed by atoms with E-state index in [1.165, 1.54) is 0 Å². The molecule has 0 atom stereocenters. The van der Waals surface area contributed by atoms with Crippen molar-refractivity contribution >= 4 is 56.9 Å². The Morgan fingerprint density at radius 3 is 1.08 bits per heavy atom. The second-order valence-corrected chi connectivity index (χ2v) is 9.01. The predicted molar refractivity (Wildman–Crippen MR) is 159 cm³/mol. The summed E-state index contributed by atoms with van der Waals surface area (Å²) in [4.78, 5) is 0. The number of nitrogens with two attached hydrogens (primary N) is 4. The largest absolute Gasteiger partial charge is 0.399 e. The molecule has 1 aliphatic rings. The van der Waals surface area contributed by atoms with Gasteiger partial charge in [0.15, 0.2) is 0 Å². The highest BCUT2D eigenvalue weighted by molar-refractivity contribution is 6.23. The molecular formula is C31H30N6+2. The van der Waals surface area contributed by atoms with Crippen molar-refractivity contribution in [3.05, 3.63) is 121 Å². The summed E-state index contributed by atoms with van der Waals surface area (Å²) in [7, 11) is 0. The number of hydrogen-bond acceptors (Lipinski definition) is 4. The highest BCUT2D eigenvalue weighted by atomic mass is 15.0. The summed E-state index contributed by atoms with van der Waals surface area (Å²) in [6.07, 6.45) is 6.44. The van der Waals surface area contributed by atoms with Gasteiger partial charge in [0.2, 0.25) is 34.2 Å². The van der Waals surface area contributed by atoms with Crippen molar-refractivity contribution in [1.29, 1.82) is 0 Å². The number of hydrogen-bond donors (Lipinski definition) is 4. The molecule has 6 nitrogen and oxygen atoms in total. The van der Waals surface area contributed by atoms with E-state index in [-0.39, 0.29) is 0 Å². The first-order valence-corrected chi connectivity index (χ1v) is 12.0. The second kappa shape index (κ2) is 9.87. The molecule has 4 aromatic carbocycles. The third-order valence-corrected chi connectivity index (χ3v) is 6.28. The normalized spacial score (nSPS) is 12.8. The summed E-state index contributed by atoms with van der Waals surface area (Å²) in [6, 6.07) is 31.4. The lowest BCUT2D eigenvalue weighted by Gasteiger charge is -2.12. The van der Waals surface area contributed by atoms with E-state index in [1.54, 1.807) is 0 Å². The van der Waals surface area contributed by atoms with Crippen LogP contribution >= 0.6 is 0 Å². The number of nitrogen functional groups attached to an aromatic ring is 4. The summed E-state index contributed by atoms with van der Waals surface area (Å²) in [5.74, 6) is 0. The Labute approximate surface area is 216 Å². The molecule has 5 rings (SSSR count). The van der Waals surface area contributed by atoms with E-state index in [0.717, 1.165) is 62.5 Å². The van der Waals surface area contributed by atoms with Crippen LogP contribution < -0.4 is 32.1 Å². The molecule has 0 heterocycles. The van der Waals surface area contributed by atoms with Crippen LogP contribution in [0.25, 0.3) is 0 Å². The monoisotopic (exact) mass is 486 g/mol. The minimum absolute atomic E-state index is 0.718. The topological polar surface area (TPSA) is 110 Å². The molecule has 0 spiro atoms. The van der Waals surface area contributed by atoms with E-state index >= 15 is 0 Å². The van der Waals surface area contributed by atoms with E-state index in [2.05, 4.69) is 34.3 Å². The lowest BCUT2D eigenvalue weighted by Crippen LogP contribution is -2.23. The first-order chi connectivity index (χ1) is 17.9. The summed E-state index contributed by atoms with van der Waals surface area (Å²) < 4.78 is 4.39. The fraction of sp³-hybridized carbons (Fsp3) is 0.0323. The fourth-order valence-electron chi connectivity index (χ4n) is 4.40. The number of anilines is 4. The third kappa shape index (κ3) is 4.99. The number of rotatable bonds is 4. The van der Waals surface area contributed by atoms with Gasteiger partial charge in [-0.05, 0) is 55.5 Å². The van der Waals surface area contributed by atoms with Crippen LogP contribution in [0.15, 0.2) is 121 Å². The highest BCUT2D eigenvalue weighted by Crippen LogP contribution is 2.28. The molecule has 1 aliphatic carbocycles. The Morgan fingerprint density at radius 1 is 0.432 bits per heavy atom. The van der Waals surface area contributed by atoms with Crippen LogP contribution in [-0.2, 0) is 0 Å². The Kier molecular flexibility index (Phi) is 6.31. The third-order valence-electron chi connectivity index (χ3n) is 6.28. The van der Waals surface area contributed by atoms with Crippen molar-refractivity contribution in [2.45, 2.75) is 6.92 Å². The SMILES string of the molecule is CC1=CC(=[N+](c2ccc(N)cc2)c2ccc(N)cc2)C=CC1=[N+](c1ccc(N)cc1)c1ccc(N)cc1. The molecule has 0 fully saturated rings. The molecule has 0 aromatic heterocycles. The van der Waals surface area contributed by atoms with E-state index < -0.39 is 0 Å². The molecule has 182 valence electrons. The zero-order valence-electron chi connectivity index (χ0n) is 20.7. The van der Waals surface area contributed by atoms with Crippen LogP contribution in [0.2, 0.25) is 0 Å². The van der Waals surface area contributed by atoms with Crippen LogP contribution in [0.5, 0.6) is 0 Å². The summed E-state index contributed by atoms with van der Waals surface area (Å²) in [5.41, 5.74) is 34.0. The van der Waals surface area contributed by atoms with Crippen molar-refractivity contribution in [2.24, 2.45) is 0 Å². The molecule has 4 aromatic rings. The zero-order chi connectivity index (χ0) is 25.9. The lowest BCUT2D eigenvalue weighted by atomic mass is 10.0. The molecule has 6 heteroatoms. The van der Waals surface area contributed by atoms with E-state index in [0.29, 0.717) is 0 Å². The van der Waals surface area contributed by atoms with Gasteiger partial charge in [-0.3, -0.25) is 0 Å². The quantitative estimate of drug-likeness (QED) is 0.166. The molecule has 0 radical (unpaired) electrons. The van der Waals surface area contributed by atoms with Crippen LogP contribution in [-0.4, -0.2) is 11.4 Å². The molecule has 0 amide bonds. The minimum atomic E-state index is 0.718. The highest BCUT2D eigenvalue weighted by Gasteiger charge is 2.27. The van der Waals surface area contributed by atoms with Gasteiger partial charge < -0.3 is 22.9 Å². The van der Waals surface area contributed by atoms with Gasteiger partial charge in [-0.25, -0.2) is 0 Å². The summed E-state index contributed by atoms with van der Waals surface area (Å²) >= 11 is 0.